The predicted octanol–water partition coefficient (Wildman–Crippen LogP) is 11.7. The van der Waals surface area contributed by atoms with E-state index in [2.05, 4.69) is 108 Å². The van der Waals surface area contributed by atoms with E-state index >= 15 is 0 Å². The molecule has 1 aromatic heterocycles. The van der Waals surface area contributed by atoms with Crippen LogP contribution in [0.5, 0.6) is 0 Å². The normalized spacial score (nSPS) is 11.1. The van der Waals surface area contributed by atoms with E-state index in [0.29, 0.717) is 16.7 Å². The van der Waals surface area contributed by atoms with Gasteiger partial charge in [0, 0.05) is 21.9 Å². The lowest BCUT2D eigenvalue weighted by Gasteiger charge is -2.19. The monoisotopic (exact) mass is 646 g/mol. The number of aromatic nitrogens is 1. The maximum absolute atomic E-state index is 10.8. The zero-order valence-corrected chi connectivity index (χ0v) is 27.3. The number of rotatable bonds is 4. The zero-order valence-electron chi connectivity index (χ0n) is 27.3. The maximum atomic E-state index is 10.8. The van der Waals surface area contributed by atoms with E-state index in [0.717, 1.165) is 76.9 Å². The molecule has 0 aliphatic carbocycles. The van der Waals surface area contributed by atoms with E-state index in [-0.39, 0.29) is 0 Å². The maximum Gasteiger partial charge on any atom is 0.0998 e. The number of para-hydroxylation sites is 1. The number of nitriles is 3. The van der Waals surface area contributed by atoms with E-state index in [1.807, 2.05) is 66.7 Å². The molecule has 1 heterocycles. The summed E-state index contributed by atoms with van der Waals surface area (Å²) < 4.78 is 2.14. The molecule has 0 saturated carbocycles. The highest BCUT2D eigenvalue weighted by Crippen LogP contribution is 2.45. The summed E-state index contributed by atoms with van der Waals surface area (Å²) in [5.41, 5.74) is 10.3. The minimum Gasteiger partial charge on any atom is -0.309 e. The average molecular weight is 647 g/mol. The van der Waals surface area contributed by atoms with Crippen LogP contribution in [0.1, 0.15) is 16.7 Å². The third-order valence-corrected chi connectivity index (χ3v) is 9.88. The molecule has 0 amide bonds. The van der Waals surface area contributed by atoms with Crippen molar-refractivity contribution in [3.05, 3.63) is 174 Å². The topological polar surface area (TPSA) is 76.3 Å². The molecule has 0 saturated heterocycles. The Labute approximate surface area is 294 Å². The van der Waals surface area contributed by atoms with Gasteiger partial charge < -0.3 is 4.57 Å². The molecule has 0 atom stereocenters. The van der Waals surface area contributed by atoms with Crippen LogP contribution in [0, 0.1) is 34.0 Å². The standard InChI is InChI=1S/C47H26N4/c48-27-30-19-23-44-42(24-30)36-12-8-9-17-43(36)51(44)45-25-31(28-49)18-21-37(45)35-22-20-33(26-34(35)29-50)47-40-15-6-4-13-38(40)46(32-10-2-1-3-11-32)39-14-5-7-16-41(39)47/h1-26H. The lowest BCUT2D eigenvalue weighted by Crippen LogP contribution is -2.00. The summed E-state index contributed by atoms with van der Waals surface area (Å²) in [6, 6.07) is 60.2. The van der Waals surface area contributed by atoms with Gasteiger partial charge in [-0.3, -0.25) is 0 Å². The Morgan fingerprint density at radius 1 is 0.373 bits per heavy atom. The van der Waals surface area contributed by atoms with Gasteiger partial charge in [-0.2, -0.15) is 15.8 Å². The minimum absolute atomic E-state index is 0.514. The third kappa shape index (κ3) is 4.66. The molecule has 8 aromatic carbocycles. The van der Waals surface area contributed by atoms with Crippen molar-refractivity contribution in [3.63, 3.8) is 0 Å². The van der Waals surface area contributed by atoms with Crippen LogP contribution in [0.2, 0.25) is 0 Å². The summed E-state index contributed by atoms with van der Waals surface area (Å²) >= 11 is 0. The number of hydrogen-bond acceptors (Lipinski definition) is 3. The molecule has 9 rings (SSSR count). The fourth-order valence-electron chi connectivity index (χ4n) is 7.70. The molecule has 0 N–H and O–H groups in total. The molecular weight excluding hydrogens is 621 g/mol. The first-order chi connectivity index (χ1) is 25.2. The van der Waals surface area contributed by atoms with Crippen molar-refractivity contribution in [3.8, 4) is 57.3 Å². The number of benzene rings is 8. The summed E-state index contributed by atoms with van der Waals surface area (Å²) in [4.78, 5) is 0. The van der Waals surface area contributed by atoms with Crippen LogP contribution in [-0.4, -0.2) is 4.57 Å². The van der Waals surface area contributed by atoms with Crippen molar-refractivity contribution in [2.45, 2.75) is 0 Å². The Morgan fingerprint density at radius 3 is 1.55 bits per heavy atom. The molecule has 9 aromatic rings. The summed E-state index contributed by atoms with van der Waals surface area (Å²) in [5.74, 6) is 0. The van der Waals surface area contributed by atoms with Gasteiger partial charge in [0.15, 0.2) is 0 Å². The van der Waals surface area contributed by atoms with Gasteiger partial charge in [0.2, 0.25) is 0 Å². The quantitative estimate of drug-likeness (QED) is 0.179. The Balaban J connectivity index is 1.30. The van der Waals surface area contributed by atoms with Gasteiger partial charge in [-0.25, -0.2) is 0 Å². The zero-order chi connectivity index (χ0) is 34.5. The van der Waals surface area contributed by atoms with E-state index in [1.165, 1.54) is 5.56 Å². The molecule has 0 unspecified atom stereocenters. The van der Waals surface area contributed by atoms with E-state index in [1.54, 1.807) is 6.07 Å². The van der Waals surface area contributed by atoms with Crippen molar-refractivity contribution in [2.75, 3.05) is 0 Å². The largest absolute Gasteiger partial charge is 0.309 e. The lowest BCUT2D eigenvalue weighted by atomic mass is 9.85. The first kappa shape index (κ1) is 29.7. The van der Waals surface area contributed by atoms with Gasteiger partial charge >= 0.3 is 0 Å². The summed E-state index contributed by atoms with van der Waals surface area (Å²) in [7, 11) is 0. The first-order valence-electron chi connectivity index (χ1n) is 16.7. The van der Waals surface area contributed by atoms with E-state index in [9.17, 15) is 15.8 Å². The molecule has 4 nitrogen and oxygen atoms in total. The molecule has 0 spiro atoms. The molecule has 51 heavy (non-hydrogen) atoms. The molecule has 0 radical (unpaired) electrons. The fraction of sp³-hybridized carbons (Fsp3) is 0. The van der Waals surface area contributed by atoms with Gasteiger partial charge in [0.1, 0.15) is 0 Å². The number of hydrogen-bond donors (Lipinski definition) is 0. The minimum atomic E-state index is 0.514. The van der Waals surface area contributed by atoms with E-state index in [4.69, 9.17) is 0 Å². The van der Waals surface area contributed by atoms with Crippen molar-refractivity contribution in [1.29, 1.82) is 15.8 Å². The van der Waals surface area contributed by atoms with Crippen LogP contribution in [-0.2, 0) is 0 Å². The SMILES string of the molecule is N#Cc1ccc(-c2ccc(-c3c4ccccc4c(-c4ccccc4)c4ccccc34)cc2C#N)c(-n2c3ccccc3c3cc(C#N)ccc32)c1. The Kier molecular flexibility index (Phi) is 6.93. The Morgan fingerprint density at radius 2 is 0.902 bits per heavy atom. The van der Waals surface area contributed by atoms with Crippen molar-refractivity contribution < 1.29 is 0 Å². The lowest BCUT2D eigenvalue weighted by molar-refractivity contribution is 1.18. The fourth-order valence-corrected chi connectivity index (χ4v) is 7.70. The first-order valence-corrected chi connectivity index (χ1v) is 16.7. The summed E-state index contributed by atoms with van der Waals surface area (Å²) in [5, 5.41) is 36.9. The van der Waals surface area contributed by atoms with Gasteiger partial charge in [-0.1, -0.05) is 115 Å². The van der Waals surface area contributed by atoms with Crippen LogP contribution in [0.15, 0.2) is 158 Å². The smallest absolute Gasteiger partial charge is 0.0998 e. The molecule has 4 heteroatoms. The predicted molar refractivity (Wildman–Crippen MR) is 206 cm³/mol. The van der Waals surface area contributed by atoms with Crippen molar-refractivity contribution in [1.82, 2.24) is 4.57 Å². The molecular formula is C47H26N4. The second-order valence-corrected chi connectivity index (χ2v) is 12.6. The van der Waals surface area contributed by atoms with Crippen molar-refractivity contribution >= 4 is 43.4 Å². The Hall–Kier alpha value is -7.45. The highest BCUT2D eigenvalue weighted by atomic mass is 15.0. The van der Waals surface area contributed by atoms with Gasteiger partial charge in [0.25, 0.3) is 0 Å². The second-order valence-electron chi connectivity index (χ2n) is 12.6. The highest BCUT2D eigenvalue weighted by molar-refractivity contribution is 6.21. The van der Waals surface area contributed by atoms with E-state index < -0.39 is 0 Å². The number of fused-ring (bicyclic) bond motifs is 5. The second kappa shape index (κ2) is 11.9. The molecule has 0 fully saturated rings. The van der Waals surface area contributed by atoms with Crippen LogP contribution in [0.3, 0.4) is 0 Å². The summed E-state index contributed by atoms with van der Waals surface area (Å²) in [6.45, 7) is 0. The van der Waals surface area contributed by atoms with Crippen LogP contribution in [0.4, 0.5) is 0 Å². The van der Waals surface area contributed by atoms with Crippen LogP contribution in [0.25, 0.3) is 82.4 Å². The van der Waals surface area contributed by atoms with Crippen LogP contribution < -0.4 is 0 Å². The van der Waals surface area contributed by atoms with Gasteiger partial charge in [-0.15, -0.1) is 0 Å². The molecule has 0 bridgehead atoms. The highest BCUT2D eigenvalue weighted by Gasteiger charge is 2.21. The molecule has 0 aliphatic rings. The van der Waals surface area contributed by atoms with Gasteiger partial charge in [0.05, 0.1) is 51.6 Å². The average Bonchev–Trinajstić information content (AvgIpc) is 3.53. The number of nitrogens with zero attached hydrogens (tertiary/aromatic N) is 4. The third-order valence-electron chi connectivity index (χ3n) is 9.88. The Bertz CT molecular complexity index is 2940. The summed E-state index contributed by atoms with van der Waals surface area (Å²) in [6.07, 6.45) is 0. The molecule has 234 valence electrons. The molecule has 0 aliphatic heterocycles. The van der Waals surface area contributed by atoms with Crippen LogP contribution >= 0.6 is 0 Å². The van der Waals surface area contributed by atoms with Crippen molar-refractivity contribution in [2.24, 2.45) is 0 Å². The van der Waals surface area contributed by atoms with Gasteiger partial charge in [-0.05, 0) is 86.3 Å².